The first kappa shape index (κ1) is 33.1. The molecule has 0 aliphatic carbocycles. The van der Waals surface area contributed by atoms with Crippen molar-refractivity contribution in [2.45, 2.75) is 72.0 Å². The minimum atomic E-state index is -3.63. The number of benzene rings is 3. The number of aryl methyl sites for hydroxylation is 1. The lowest BCUT2D eigenvalue weighted by Gasteiger charge is -2.34. The molecule has 3 rings (SSSR count). The first-order chi connectivity index (χ1) is 19.7. The fourth-order valence-electron chi connectivity index (χ4n) is 4.83. The predicted molar refractivity (Wildman–Crippen MR) is 171 cm³/mol. The molecule has 3 aromatic carbocycles. The van der Waals surface area contributed by atoms with Gasteiger partial charge in [0.1, 0.15) is 6.04 Å². The normalized spacial score (nSPS) is 12.5. The second-order valence-corrected chi connectivity index (χ2v) is 14.0. The van der Waals surface area contributed by atoms with Gasteiger partial charge < -0.3 is 10.2 Å². The molecule has 2 amide bonds. The van der Waals surface area contributed by atoms with Crippen molar-refractivity contribution in [3.63, 3.8) is 0 Å². The van der Waals surface area contributed by atoms with E-state index in [1.54, 1.807) is 30.0 Å². The molecule has 42 heavy (non-hydrogen) atoms. The number of rotatable bonds is 12. The Morgan fingerprint density at radius 3 is 2.19 bits per heavy atom. The lowest BCUT2D eigenvalue weighted by atomic mass is 9.99. The topological polar surface area (TPSA) is 86.8 Å². The Hall–Kier alpha value is -3.36. The van der Waals surface area contributed by atoms with Gasteiger partial charge >= 0.3 is 0 Å². The molecular formula is C33H42ClN3O4S. The van der Waals surface area contributed by atoms with Crippen LogP contribution in [0.3, 0.4) is 0 Å². The summed E-state index contributed by atoms with van der Waals surface area (Å²) in [5.74, 6) is -0.458. The Morgan fingerprint density at radius 2 is 1.57 bits per heavy atom. The van der Waals surface area contributed by atoms with Gasteiger partial charge in [-0.1, -0.05) is 72.3 Å². The number of hydrogen-bond acceptors (Lipinski definition) is 4. The van der Waals surface area contributed by atoms with Crippen molar-refractivity contribution in [3.8, 4) is 0 Å². The first-order valence-electron chi connectivity index (χ1n) is 14.1. The van der Waals surface area contributed by atoms with Gasteiger partial charge in [-0.2, -0.15) is 0 Å². The van der Waals surface area contributed by atoms with Crippen LogP contribution in [0.2, 0.25) is 5.02 Å². The number of amides is 2. The van der Waals surface area contributed by atoms with E-state index in [1.807, 2.05) is 82.3 Å². The molecule has 0 spiro atoms. The molecule has 0 unspecified atom stereocenters. The van der Waals surface area contributed by atoms with Crippen molar-refractivity contribution in [1.82, 2.24) is 10.2 Å². The highest BCUT2D eigenvalue weighted by Crippen LogP contribution is 2.29. The second kappa shape index (κ2) is 14.2. The minimum absolute atomic E-state index is 0.0611. The predicted octanol–water partition coefficient (Wildman–Crippen LogP) is 6.06. The van der Waals surface area contributed by atoms with Gasteiger partial charge in [-0.3, -0.25) is 13.9 Å². The molecule has 0 aliphatic rings. The zero-order valence-electron chi connectivity index (χ0n) is 25.4. The Kier molecular flexibility index (Phi) is 11.2. The fourth-order valence-corrected chi connectivity index (χ4v) is 6.01. The summed E-state index contributed by atoms with van der Waals surface area (Å²) in [6, 6.07) is 21.8. The zero-order chi connectivity index (χ0) is 31.1. The largest absolute Gasteiger partial charge is 0.350 e. The smallest absolute Gasteiger partial charge is 0.243 e. The molecule has 0 bridgehead atoms. The molecule has 0 aliphatic heterocycles. The first-order valence-corrected chi connectivity index (χ1v) is 16.3. The van der Waals surface area contributed by atoms with Gasteiger partial charge in [-0.25, -0.2) is 8.42 Å². The van der Waals surface area contributed by atoms with Crippen LogP contribution in [-0.2, 0) is 32.6 Å². The highest BCUT2D eigenvalue weighted by atomic mass is 35.5. The average molecular weight is 612 g/mol. The summed E-state index contributed by atoms with van der Waals surface area (Å²) in [6.45, 7) is 9.84. The Bertz CT molecular complexity index is 1490. The van der Waals surface area contributed by atoms with E-state index in [2.05, 4.69) is 5.32 Å². The third kappa shape index (κ3) is 9.33. The molecule has 0 saturated carbocycles. The van der Waals surface area contributed by atoms with Crippen LogP contribution < -0.4 is 9.62 Å². The molecule has 0 heterocycles. The molecule has 1 N–H and O–H groups in total. The van der Waals surface area contributed by atoms with E-state index in [4.69, 9.17) is 11.6 Å². The fraction of sp³-hybridized carbons (Fsp3) is 0.394. The van der Waals surface area contributed by atoms with Gasteiger partial charge in [0.15, 0.2) is 0 Å². The molecule has 9 heteroatoms. The number of sulfonamides is 1. The van der Waals surface area contributed by atoms with Gasteiger partial charge in [0.2, 0.25) is 21.8 Å². The lowest BCUT2D eigenvalue weighted by Crippen LogP contribution is -2.54. The number of halogens is 1. The van der Waals surface area contributed by atoms with Crippen LogP contribution in [0.25, 0.3) is 0 Å². The monoisotopic (exact) mass is 611 g/mol. The van der Waals surface area contributed by atoms with Crippen molar-refractivity contribution >= 4 is 39.1 Å². The third-order valence-corrected chi connectivity index (χ3v) is 8.62. The average Bonchev–Trinajstić information content (AvgIpc) is 2.90. The van der Waals surface area contributed by atoms with E-state index in [0.717, 1.165) is 22.9 Å². The van der Waals surface area contributed by atoms with Crippen molar-refractivity contribution in [2.75, 3.05) is 17.1 Å². The van der Waals surface area contributed by atoms with E-state index in [9.17, 15) is 18.0 Å². The summed E-state index contributed by atoms with van der Waals surface area (Å²) in [5.41, 5.74) is 3.55. The van der Waals surface area contributed by atoms with Crippen LogP contribution in [0.5, 0.6) is 0 Å². The molecule has 0 fully saturated rings. The summed E-state index contributed by atoms with van der Waals surface area (Å²) in [7, 11) is -3.63. The number of nitrogens with one attached hydrogen (secondary N) is 1. The Morgan fingerprint density at radius 1 is 0.929 bits per heavy atom. The van der Waals surface area contributed by atoms with Crippen LogP contribution >= 0.6 is 11.6 Å². The van der Waals surface area contributed by atoms with Crippen LogP contribution in [0.15, 0.2) is 72.8 Å². The number of anilines is 1. The van der Waals surface area contributed by atoms with E-state index in [-0.39, 0.29) is 37.7 Å². The maximum atomic E-state index is 14.0. The van der Waals surface area contributed by atoms with Crippen LogP contribution in [0.1, 0.15) is 55.9 Å². The summed E-state index contributed by atoms with van der Waals surface area (Å²) < 4.78 is 26.8. The summed E-state index contributed by atoms with van der Waals surface area (Å²) >= 11 is 6.28. The quantitative estimate of drug-likeness (QED) is 0.270. The van der Waals surface area contributed by atoms with Crippen molar-refractivity contribution in [2.24, 2.45) is 0 Å². The number of nitrogens with zero attached hydrogens (tertiary/aromatic N) is 2. The Balaban J connectivity index is 1.93. The molecule has 0 radical (unpaired) electrons. The molecule has 0 saturated heterocycles. The zero-order valence-corrected chi connectivity index (χ0v) is 26.9. The van der Waals surface area contributed by atoms with Crippen molar-refractivity contribution in [3.05, 3.63) is 100 Å². The highest BCUT2D eigenvalue weighted by Gasteiger charge is 2.32. The van der Waals surface area contributed by atoms with Crippen molar-refractivity contribution < 1.29 is 18.0 Å². The summed E-state index contributed by atoms with van der Waals surface area (Å²) in [6.07, 6.45) is 1.82. The van der Waals surface area contributed by atoms with Crippen LogP contribution in [0.4, 0.5) is 5.69 Å². The SMILES string of the molecule is Cc1ccccc1CN(C(=O)CCCN(c1cccc(Cl)c1C)S(C)(=O)=O)[C@@H](Cc1ccccc1)C(=O)NC(C)(C)C. The summed E-state index contributed by atoms with van der Waals surface area (Å²) in [5, 5.41) is 3.54. The van der Waals surface area contributed by atoms with Gasteiger partial charge in [-0.15, -0.1) is 0 Å². The molecule has 0 aromatic heterocycles. The molecular weight excluding hydrogens is 570 g/mol. The number of hydrogen-bond donors (Lipinski definition) is 1. The highest BCUT2D eigenvalue weighted by molar-refractivity contribution is 7.92. The van der Waals surface area contributed by atoms with E-state index in [0.29, 0.717) is 22.7 Å². The molecule has 226 valence electrons. The number of carbonyl (C=O) groups excluding carboxylic acids is 2. The van der Waals surface area contributed by atoms with Crippen molar-refractivity contribution in [1.29, 1.82) is 0 Å². The minimum Gasteiger partial charge on any atom is -0.350 e. The maximum absolute atomic E-state index is 14.0. The second-order valence-electron chi connectivity index (χ2n) is 11.7. The van der Waals surface area contributed by atoms with Gasteiger partial charge in [-0.05, 0) is 75.4 Å². The summed E-state index contributed by atoms with van der Waals surface area (Å²) in [4.78, 5) is 29.4. The number of carbonyl (C=O) groups is 2. The van der Waals surface area contributed by atoms with E-state index < -0.39 is 21.6 Å². The Labute approximate surface area is 255 Å². The van der Waals surface area contributed by atoms with Gasteiger partial charge in [0, 0.05) is 36.5 Å². The molecule has 7 nitrogen and oxygen atoms in total. The lowest BCUT2D eigenvalue weighted by molar-refractivity contribution is -0.142. The van der Waals surface area contributed by atoms with Crippen LogP contribution in [-0.4, -0.2) is 49.5 Å². The molecule has 3 aromatic rings. The third-order valence-electron chi connectivity index (χ3n) is 7.03. The maximum Gasteiger partial charge on any atom is 0.243 e. The van der Waals surface area contributed by atoms with Crippen LogP contribution in [0, 0.1) is 13.8 Å². The van der Waals surface area contributed by atoms with E-state index >= 15 is 0 Å². The molecule has 1 atom stereocenters. The van der Waals surface area contributed by atoms with Gasteiger partial charge in [0.05, 0.1) is 11.9 Å². The standard InChI is InChI=1S/C33H42ClN3O4S/c1-24-14-10-11-17-27(24)23-36(30(32(39)35-33(3,4)5)22-26-15-8-7-9-16-26)31(38)20-13-21-37(42(6,40)41)29-19-12-18-28(34)25(29)2/h7-12,14-19,30H,13,20-23H2,1-6H3,(H,35,39)/t30-/m0/s1. The van der Waals surface area contributed by atoms with Gasteiger partial charge in [0.25, 0.3) is 0 Å². The van der Waals surface area contributed by atoms with E-state index in [1.165, 1.54) is 4.31 Å².